The molecular formula is C18H26N2O2. The lowest BCUT2D eigenvalue weighted by molar-refractivity contribution is -0.135. The zero-order chi connectivity index (χ0) is 15.4. The summed E-state index contributed by atoms with van der Waals surface area (Å²) in [7, 11) is 0. The number of benzene rings is 1. The summed E-state index contributed by atoms with van der Waals surface area (Å²) in [4.78, 5) is 14.5. The second-order valence-electron chi connectivity index (χ2n) is 6.71. The maximum atomic E-state index is 12.4. The lowest BCUT2D eigenvalue weighted by Crippen LogP contribution is -2.47. The Balaban J connectivity index is 1.48. The fourth-order valence-electron chi connectivity index (χ4n) is 3.69. The van der Waals surface area contributed by atoms with Crippen LogP contribution in [0.15, 0.2) is 24.3 Å². The zero-order valence-electron chi connectivity index (χ0n) is 13.4. The molecule has 1 aromatic rings. The molecule has 2 fully saturated rings. The van der Waals surface area contributed by atoms with Crippen LogP contribution in [-0.2, 0) is 4.79 Å². The first-order chi connectivity index (χ1) is 10.7. The largest absolute Gasteiger partial charge is 0.493 e. The molecule has 0 radical (unpaired) electrons. The molecule has 1 spiro atoms. The third kappa shape index (κ3) is 3.43. The molecule has 1 aromatic carbocycles. The average molecular weight is 302 g/mol. The summed E-state index contributed by atoms with van der Waals surface area (Å²) in [5.74, 6) is 1.12. The van der Waals surface area contributed by atoms with Crippen LogP contribution in [0.25, 0.3) is 0 Å². The molecule has 3 rings (SSSR count). The van der Waals surface area contributed by atoms with Gasteiger partial charge in [0.05, 0.1) is 13.0 Å². The van der Waals surface area contributed by atoms with E-state index in [1.54, 1.807) is 0 Å². The number of carbonyl (C=O) groups is 1. The normalized spacial score (nSPS) is 24.7. The van der Waals surface area contributed by atoms with Crippen molar-refractivity contribution < 1.29 is 9.53 Å². The number of rotatable bonds is 4. The molecule has 2 heterocycles. The topological polar surface area (TPSA) is 41.6 Å². The van der Waals surface area contributed by atoms with Gasteiger partial charge >= 0.3 is 0 Å². The Bertz CT molecular complexity index is 524. The minimum atomic E-state index is 0.236. The quantitative estimate of drug-likeness (QED) is 0.928. The molecule has 22 heavy (non-hydrogen) atoms. The molecule has 2 aliphatic heterocycles. The van der Waals surface area contributed by atoms with Crippen LogP contribution in [0, 0.1) is 12.3 Å². The number of aryl methyl sites for hydroxylation is 1. The Morgan fingerprint density at radius 2 is 2.23 bits per heavy atom. The monoisotopic (exact) mass is 302 g/mol. The van der Waals surface area contributed by atoms with E-state index < -0.39 is 0 Å². The predicted molar refractivity (Wildman–Crippen MR) is 87.0 cm³/mol. The van der Waals surface area contributed by atoms with Crippen molar-refractivity contribution >= 4 is 5.91 Å². The first-order valence-corrected chi connectivity index (χ1v) is 8.36. The van der Waals surface area contributed by atoms with E-state index in [0.29, 0.717) is 18.4 Å². The second-order valence-corrected chi connectivity index (χ2v) is 6.71. The van der Waals surface area contributed by atoms with Crippen LogP contribution < -0.4 is 10.1 Å². The summed E-state index contributed by atoms with van der Waals surface area (Å²) in [6.07, 6.45) is 4.06. The number of nitrogens with one attached hydrogen (secondary N) is 1. The van der Waals surface area contributed by atoms with Gasteiger partial charge < -0.3 is 15.0 Å². The van der Waals surface area contributed by atoms with Gasteiger partial charge in [0, 0.05) is 25.0 Å². The summed E-state index contributed by atoms with van der Waals surface area (Å²) >= 11 is 0. The van der Waals surface area contributed by atoms with Crippen LogP contribution in [0.1, 0.15) is 31.2 Å². The maximum Gasteiger partial charge on any atom is 0.226 e. The van der Waals surface area contributed by atoms with Gasteiger partial charge in [-0.3, -0.25) is 4.79 Å². The van der Waals surface area contributed by atoms with Gasteiger partial charge in [0.2, 0.25) is 5.91 Å². The third-order valence-corrected chi connectivity index (χ3v) is 5.01. The molecule has 1 atom stereocenters. The molecular weight excluding hydrogens is 276 g/mol. The molecule has 0 bridgehead atoms. The van der Waals surface area contributed by atoms with E-state index in [-0.39, 0.29) is 5.91 Å². The van der Waals surface area contributed by atoms with Crippen LogP contribution in [0.3, 0.4) is 0 Å². The highest BCUT2D eigenvalue weighted by atomic mass is 16.5. The molecule has 120 valence electrons. The van der Waals surface area contributed by atoms with E-state index >= 15 is 0 Å². The number of ether oxygens (including phenoxy) is 1. The molecule has 0 aliphatic carbocycles. The Morgan fingerprint density at radius 1 is 1.36 bits per heavy atom. The summed E-state index contributed by atoms with van der Waals surface area (Å²) in [6.45, 7) is 6.48. The van der Waals surface area contributed by atoms with Crippen LogP contribution in [0.5, 0.6) is 5.75 Å². The van der Waals surface area contributed by atoms with Gasteiger partial charge in [0.15, 0.2) is 0 Å². The average Bonchev–Trinajstić information content (AvgIpc) is 2.97. The molecule has 0 aromatic heterocycles. The lowest BCUT2D eigenvalue weighted by atomic mass is 9.79. The number of para-hydroxylation sites is 1. The highest BCUT2D eigenvalue weighted by Gasteiger charge is 2.39. The van der Waals surface area contributed by atoms with E-state index in [9.17, 15) is 4.79 Å². The van der Waals surface area contributed by atoms with Gasteiger partial charge in [-0.2, -0.15) is 0 Å². The molecule has 1 N–H and O–H groups in total. The van der Waals surface area contributed by atoms with E-state index in [1.807, 2.05) is 31.2 Å². The van der Waals surface area contributed by atoms with Crippen molar-refractivity contribution in [3.05, 3.63) is 29.8 Å². The number of hydrogen-bond donors (Lipinski definition) is 1. The number of amides is 1. The molecule has 1 amide bonds. The van der Waals surface area contributed by atoms with Crippen molar-refractivity contribution in [2.24, 2.45) is 5.41 Å². The van der Waals surface area contributed by atoms with Crippen LogP contribution in [0.4, 0.5) is 0 Å². The number of nitrogens with zero attached hydrogens (tertiary/aromatic N) is 1. The maximum absolute atomic E-state index is 12.4. The fourth-order valence-corrected chi connectivity index (χ4v) is 3.69. The summed E-state index contributed by atoms with van der Waals surface area (Å²) in [5, 5.41) is 3.45. The van der Waals surface area contributed by atoms with E-state index in [0.717, 1.165) is 43.9 Å². The molecule has 0 saturated carbocycles. The first kappa shape index (κ1) is 15.3. The minimum absolute atomic E-state index is 0.236. The lowest BCUT2D eigenvalue weighted by Gasteiger charge is -2.40. The number of carbonyl (C=O) groups excluding carboxylic acids is 1. The Kier molecular flexibility index (Phi) is 4.67. The summed E-state index contributed by atoms with van der Waals surface area (Å²) in [6, 6.07) is 7.94. The Labute approximate surface area is 132 Å². The van der Waals surface area contributed by atoms with Gasteiger partial charge in [-0.15, -0.1) is 0 Å². The van der Waals surface area contributed by atoms with Gasteiger partial charge in [0.25, 0.3) is 0 Å². The van der Waals surface area contributed by atoms with Gasteiger partial charge in [-0.05, 0) is 44.4 Å². The van der Waals surface area contributed by atoms with Crippen LogP contribution in [0.2, 0.25) is 0 Å². The third-order valence-electron chi connectivity index (χ3n) is 5.01. The standard InChI is InChI=1S/C18H26N2O2/c1-15-5-2-3-6-16(15)22-12-7-17(21)20-11-4-8-18(14-20)9-10-19-13-18/h2-3,5-6,19H,4,7-14H2,1H3/t18-/m0/s1. The van der Waals surface area contributed by atoms with Crippen molar-refractivity contribution in [3.63, 3.8) is 0 Å². The zero-order valence-corrected chi connectivity index (χ0v) is 13.4. The van der Waals surface area contributed by atoms with Crippen molar-refractivity contribution in [1.29, 1.82) is 0 Å². The highest BCUT2D eigenvalue weighted by Crippen LogP contribution is 2.35. The fraction of sp³-hybridized carbons (Fsp3) is 0.611. The Morgan fingerprint density at radius 3 is 3.00 bits per heavy atom. The van der Waals surface area contributed by atoms with Crippen LogP contribution in [-0.4, -0.2) is 43.6 Å². The Hall–Kier alpha value is -1.55. The van der Waals surface area contributed by atoms with Crippen molar-refractivity contribution in [2.45, 2.75) is 32.6 Å². The summed E-state index contributed by atoms with van der Waals surface area (Å²) in [5.41, 5.74) is 1.45. The molecule has 0 unspecified atom stereocenters. The minimum Gasteiger partial charge on any atom is -0.493 e. The second kappa shape index (κ2) is 6.69. The van der Waals surface area contributed by atoms with E-state index in [1.165, 1.54) is 12.8 Å². The van der Waals surface area contributed by atoms with Gasteiger partial charge in [0.1, 0.15) is 5.75 Å². The van der Waals surface area contributed by atoms with Crippen molar-refractivity contribution in [1.82, 2.24) is 10.2 Å². The highest BCUT2D eigenvalue weighted by molar-refractivity contribution is 5.76. The molecule has 2 saturated heterocycles. The number of hydrogen-bond acceptors (Lipinski definition) is 3. The first-order valence-electron chi connectivity index (χ1n) is 8.36. The molecule has 2 aliphatic rings. The SMILES string of the molecule is Cc1ccccc1OCCC(=O)N1CCC[C@@]2(CCNC2)C1. The molecule has 4 heteroatoms. The number of piperidine rings is 1. The van der Waals surface area contributed by atoms with E-state index in [4.69, 9.17) is 4.74 Å². The van der Waals surface area contributed by atoms with Gasteiger partial charge in [-0.25, -0.2) is 0 Å². The molecule has 4 nitrogen and oxygen atoms in total. The van der Waals surface area contributed by atoms with Crippen molar-refractivity contribution in [2.75, 3.05) is 32.8 Å². The smallest absolute Gasteiger partial charge is 0.226 e. The van der Waals surface area contributed by atoms with E-state index in [2.05, 4.69) is 10.2 Å². The number of likely N-dealkylation sites (tertiary alicyclic amines) is 1. The van der Waals surface area contributed by atoms with Crippen LogP contribution >= 0.6 is 0 Å². The predicted octanol–water partition coefficient (Wildman–Crippen LogP) is 2.37. The van der Waals surface area contributed by atoms with Crippen molar-refractivity contribution in [3.8, 4) is 5.75 Å². The van der Waals surface area contributed by atoms with Gasteiger partial charge in [-0.1, -0.05) is 18.2 Å². The summed E-state index contributed by atoms with van der Waals surface area (Å²) < 4.78 is 5.76.